The fourth-order valence-corrected chi connectivity index (χ4v) is 5.88. The predicted molar refractivity (Wildman–Crippen MR) is 117 cm³/mol. The molecule has 2 aliphatic rings. The maximum Gasteiger partial charge on any atom is 0.330 e. The molecule has 0 saturated carbocycles. The normalized spacial score (nSPS) is 25.4. The van der Waals surface area contributed by atoms with Gasteiger partial charge in [-0.1, -0.05) is 48.5 Å². The summed E-state index contributed by atoms with van der Waals surface area (Å²) in [6.07, 6.45) is 0. The summed E-state index contributed by atoms with van der Waals surface area (Å²) in [5, 5.41) is 1.81. The number of amides is 2. The summed E-state index contributed by atoms with van der Waals surface area (Å²) in [7, 11) is -1.58. The Kier molecular flexibility index (Phi) is 6.01. The summed E-state index contributed by atoms with van der Waals surface area (Å²) in [5.41, 5.74) is 0.813. The van der Waals surface area contributed by atoms with Gasteiger partial charge in [0.25, 0.3) is 5.91 Å². The van der Waals surface area contributed by atoms with Gasteiger partial charge >= 0.3 is 5.97 Å². The molecule has 168 valence electrons. The molecule has 2 fully saturated rings. The number of rotatable bonds is 7. The number of hydrogen-bond donors (Lipinski definition) is 1. The van der Waals surface area contributed by atoms with Crippen LogP contribution in [0.25, 0.3) is 0 Å². The Morgan fingerprint density at radius 2 is 1.69 bits per heavy atom. The zero-order chi connectivity index (χ0) is 22.9. The molecule has 0 spiro atoms. The van der Waals surface area contributed by atoms with E-state index in [2.05, 4.69) is 5.32 Å². The highest BCUT2D eigenvalue weighted by molar-refractivity contribution is 7.87. The number of nitrogens with zero attached hydrogens (tertiary/aromatic N) is 1. The summed E-state index contributed by atoms with van der Waals surface area (Å²) < 4.78 is 22.9. The van der Waals surface area contributed by atoms with Crippen LogP contribution in [0, 0.1) is 0 Å². The van der Waals surface area contributed by atoms with E-state index in [0.717, 1.165) is 5.56 Å². The first kappa shape index (κ1) is 22.0. The van der Waals surface area contributed by atoms with E-state index in [1.165, 1.54) is 4.90 Å². The van der Waals surface area contributed by atoms with Crippen LogP contribution in [0.15, 0.2) is 60.7 Å². The average Bonchev–Trinajstić information content (AvgIpc) is 2.99. The predicted octanol–water partition coefficient (Wildman–Crippen LogP) is 1.37. The molecule has 0 aromatic heterocycles. The number of para-hydroxylation sites is 1. The molecule has 2 aliphatic heterocycles. The Labute approximate surface area is 188 Å². The Bertz CT molecular complexity index is 1040. The summed E-state index contributed by atoms with van der Waals surface area (Å²) in [6.45, 7) is 3.11. The SMILES string of the molecule is CC1(C)[C@H](C(=O)OCc2ccccc2)N2C(=O)[C@@H](NC(=O)COc3ccccc3)[C@H]2[S@]1=O. The molecule has 0 bridgehead atoms. The van der Waals surface area contributed by atoms with Crippen molar-refractivity contribution in [1.82, 2.24) is 10.2 Å². The highest BCUT2D eigenvalue weighted by Crippen LogP contribution is 2.43. The number of benzene rings is 2. The van der Waals surface area contributed by atoms with Crippen LogP contribution in [0.4, 0.5) is 0 Å². The number of ether oxygens (including phenoxy) is 2. The maximum atomic E-state index is 13.1. The van der Waals surface area contributed by atoms with E-state index in [-0.39, 0.29) is 13.2 Å². The first-order chi connectivity index (χ1) is 15.3. The molecule has 9 heteroatoms. The fourth-order valence-electron chi connectivity index (χ4n) is 3.96. The van der Waals surface area contributed by atoms with Crippen LogP contribution >= 0.6 is 0 Å². The zero-order valence-electron chi connectivity index (χ0n) is 17.7. The Balaban J connectivity index is 1.39. The van der Waals surface area contributed by atoms with Gasteiger partial charge in [-0.15, -0.1) is 0 Å². The van der Waals surface area contributed by atoms with Gasteiger partial charge in [0, 0.05) is 0 Å². The van der Waals surface area contributed by atoms with Crippen molar-refractivity contribution in [3.8, 4) is 5.75 Å². The van der Waals surface area contributed by atoms with Crippen molar-refractivity contribution in [3.05, 3.63) is 66.2 Å². The van der Waals surface area contributed by atoms with Crippen molar-refractivity contribution in [2.75, 3.05) is 6.61 Å². The summed E-state index contributed by atoms with van der Waals surface area (Å²) >= 11 is 0. The van der Waals surface area contributed by atoms with Gasteiger partial charge in [-0.2, -0.15) is 0 Å². The summed E-state index contributed by atoms with van der Waals surface area (Å²) in [5.74, 6) is -1.04. The summed E-state index contributed by atoms with van der Waals surface area (Å²) in [4.78, 5) is 39.2. The van der Waals surface area contributed by atoms with Crippen LogP contribution in [0.5, 0.6) is 5.75 Å². The van der Waals surface area contributed by atoms with E-state index in [4.69, 9.17) is 9.47 Å². The number of fused-ring (bicyclic) bond motifs is 1. The minimum absolute atomic E-state index is 0.0581. The van der Waals surface area contributed by atoms with Crippen molar-refractivity contribution >= 4 is 28.6 Å². The molecule has 0 aliphatic carbocycles. The molecule has 2 heterocycles. The van der Waals surface area contributed by atoms with Crippen molar-refractivity contribution in [1.29, 1.82) is 0 Å². The number of nitrogens with one attached hydrogen (secondary N) is 1. The molecule has 4 rings (SSSR count). The van der Waals surface area contributed by atoms with Crippen LogP contribution in [-0.2, 0) is 36.5 Å². The minimum Gasteiger partial charge on any atom is -0.484 e. The maximum absolute atomic E-state index is 13.1. The van der Waals surface area contributed by atoms with Crippen molar-refractivity contribution in [3.63, 3.8) is 0 Å². The molecule has 1 N–H and O–H groups in total. The van der Waals surface area contributed by atoms with Crippen LogP contribution in [0.2, 0.25) is 0 Å². The van der Waals surface area contributed by atoms with E-state index in [1.54, 1.807) is 38.1 Å². The number of carbonyl (C=O) groups is 3. The largest absolute Gasteiger partial charge is 0.484 e. The molecule has 0 unspecified atom stereocenters. The van der Waals surface area contributed by atoms with Crippen molar-refractivity contribution < 1.29 is 28.1 Å². The third kappa shape index (κ3) is 4.00. The lowest BCUT2D eigenvalue weighted by Gasteiger charge is -2.43. The van der Waals surface area contributed by atoms with Gasteiger partial charge in [0.2, 0.25) is 5.91 Å². The van der Waals surface area contributed by atoms with Crippen molar-refractivity contribution in [2.45, 2.75) is 42.7 Å². The second-order valence-electron chi connectivity index (χ2n) is 8.18. The molecular formula is C23H24N2O6S. The highest BCUT2D eigenvalue weighted by atomic mass is 32.2. The Morgan fingerprint density at radius 3 is 2.34 bits per heavy atom. The van der Waals surface area contributed by atoms with E-state index in [0.29, 0.717) is 5.75 Å². The molecular weight excluding hydrogens is 432 g/mol. The van der Waals surface area contributed by atoms with Gasteiger partial charge in [-0.3, -0.25) is 13.8 Å². The molecule has 2 aromatic rings. The van der Waals surface area contributed by atoms with Crippen LogP contribution in [-0.4, -0.2) is 55.7 Å². The zero-order valence-corrected chi connectivity index (χ0v) is 18.5. The number of esters is 1. The Morgan fingerprint density at radius 1 is 1.06 bits per heavy atom. The topological polar surface area (TPSA) is 102 Å². The molecule has 4 atom stereocenters. The lowest BCUT2D eigenvalue weighted by Crippen LogP contribution is -2.71. The van der Waals surface area contributed by atoms with Crippen LogP contribution in [0.1, 0.15) is 19.4 Å². The molecule has 2 aromatic carbocycles. The van der Waals surface area contributed by atoms with Gasteiger partial charge in [0.05, 0.1) is 15.5 Å². The number of carbonyl (C=O) groups excluding carboxylic acids is 3. The van der Waals surface area contributed by atoms with Gasteiger partial charge in [-0.05, 0) is 31.5 Å². The van der Waals surface area contributed by atoms with E-state index < -0.39 is 50.8 Å². The molecule has 32 heavy (non-hydrogen) atoms. The van der Waals surface area contributed by atoms with E-state index in [1.807, 2.05) is 36.4 Å². The lowest BCUT2D eigenvalue weighted by molar-refractivity contribution is -0.165. The molecule has 2 amide bonds. The van der Waals surface area contributed by atoms with Gasteiger partial charge < -0.3 is 19.7 Å². The standard InChI is InChI=1S/C23H24N2O6S/c1-23(2)19(22(28)31-13-15-9-5-3-6-10-15)25-20(27)18(21(25)32(23)29)24-17(26)14-30-16-11-7-4-8-12-16/h3-12,18-19,21H,13-14H2,1-2H3,(H,24,26)/t18-,19+,21-,32-/m1/s1. The van der Waals surface area contributed by atoms with E-state index >= 15 is 0 Å². The van der Waals surface area contributed by atoms with Crippen LogP contribution < -0.4 is 10.1 Å². The molecule has 8 nitrogen and oxygen atoms in total. The lowest BCUT2D eigenvalue weighted by atomic mass is 9.96. The molecule has 2 saturated heterocycles. The van der Waals surface area contributed by atoms with Crippen LogP contribution in [0.3, 0.4) is 0 Å². The molecule has 0 radical (unpaired) electrons. The number of β-lactam (4-membered cyclic amide) rings is 1. The Hall–Kier alpha value is -3.20. The third-order valence-electron chi connectivity index (χ3n) is 5.63. The van der Waals surface area contributed by atoms with Gasteiger partial charge in [-0.25, -0.2) is 4.79 Å². The van der Waals surface area contributed by atoms with Gasteiger partial charge in [0.15, 0.2) is 6.61 Å². The summed E-state index contributed by atoms with van der Waals surface area (Å²) in [6, 6.07) is 16.0. The number of hydrogen-bond acceptors (Lipinski definition) is 6. The fraction of sp³-hybridized carbons (Fsp3) is 0.348. The minimum atomic E-state index is -1.58. The van der Waals surface area contributed by atoms with Gasteiger partial charge in [0.1, 0.15) is 29.8 Å². The quantitative estimate of drug-likeness (QED) is 0.499. The highest BCUT2D eigenvalue weighted by Gasteiger charge is 2.68. The smallest absolute Gasteiger partial charge is 0.330 e. The first-order valence-corrected chi connectivity index (χ1v) is 11.4. The first-order valence-electron chi connectivity index (χ1n) is 10.2. The third-order valence-corrected chi connectivity index (χ3v) is 7.83. The second-order valence-corrected chi connectivity index (χ2v) is 10.3. The second kappa shape index (κ2) is 8.74. The average molecular weight is 457 g/mol. The monoisotopic (exact) mass is 456 g/mol. The van der Waals surface area contributed by atoms with Crippen molar-refractivity contribution in [2.24, 2.45) is 0 Å². The van der Waals surface area contributed by atoms with E-state index in [9.17, 15) is 18.6 Å².